The molecule has 0 saturated carbocycles. The minimum Gasteiger partial charge on any atom is -0.325 e. The van der Waals surface area contributed by atoms with E-state index in [-0.39, 0.29) is 17.2 Å². The van der Waals surface area contributed by atoms with Gasteiger partial charge in [0, 0.05) is 22.6 Å². The first-order valence-electron chi connectivity index (χ1n) is 10.5. The first-order chi connectivity index (χ1) is 14.0. The van der Waals surface area contributed by atoms with Crippen LogP contribution in [0.15, 0.2) is 6.07 Å². The lowest BCUT2D eigenvalue weighted by atomic mass is 9.92. The molecule has 1 aromatic carbocycles. The minimum atomic E-state index is -0.152. The predicted octanol–water partition coefficient (Wildman–Crippen LogP) is 5.98. The zero-order valence-electron chi connectivity index (χ0n) is 19.2. The van der Waals surface area contributed by atoms with Crippen LogP contribution in [0, 0.1) is 26.7 Å². The van der Waals surface area contributed by atoms with Gasteiger partial charge in [0.1, 0.15) is 5.02 Å². The highest BCUT2D eigenvalue weighted by atomic mass is 35.5. The number of nitrogens with one attached hydrogen (secondary N) is 2. The lowest BCUT2D eigenvalue weighted by Gasteiger charge is -2.19. The standard InChI is InChI=1S/C23H32ClN5O/c1-9-10-12(2)22(30)25-18-14(4)11-13(3)16(15(18)5)20-26-27-21-17(24)19(23(6,7)8)28-29(20)21/h11-12,28H,9-10H2,1-8H3,(H,25,30). The van der Waals surface area contributed by atoms with Crippen LogP contribution in [0.2, 0.25) is 5.02 Å². The van der Waals surface area contributed by atoms with Crippen LogP contribution in [0.4, 0.5) is 5.69 Å². The number of aromatic amines is 1. The number of carbonyl (C=O) groups is 1. The summed E-state index contributed by atoms with van der Waals surface area (Å²) in [6.07, 6.45) is 1.84. The molecule has 1 atom stereocenters. The normalized spacial score (nSPS) is 13.1. The second-order valence-corrected chi connectivity index (χ2v) is 9.68. The van der Waals surface area contributed by atoms with Crippen molar-refractivity contribution in [2.24, 2.45) is 5.92 Å². The van der Waals surface area contributed by atoms with Crippen molar-refractivity contribution in [2.45, 2.75) is 73.6 Å². The number of anilines is 1. The molecule has 162 valence electrons. The number of rotatable bonds is 5. The van der Waals surface area contributed by atoms with Crippen molar-refractivity contribution < 1.29 is 4.79 Å². The Morgan fingerprint density at radius 2 is 1.90 bits per heavy atom. The Hall–Kier alpha value is -2.34. The second kappa shape index (κ2) is 8.06. The maximum Gasteiger partial charge on any atom is 0.227 e. The van der Waals surface area contributed by atoms with Gasteiger partial charge in [-0.3, -0.25) is 9.89 Å². The third-order valence-electron chi connectivity index (χ3n) is 5.67. The van der Waals surface area contributed by atoms with Gasteiger partial charge in [0.25, 0.3) is 0 Å². The molecule has 0 saturated heterocycles. The third-order valence-corrected chi connectivity index (χ3v) is 6.02. The summed E-state index contributed by atoms with van der Waals surface area (Å²) in [5, 5.41) is 15.9. The molecular weight excluding hydrogens is 398 g/mol. The molecule has 7 heteroatoms. The Morgan fingerprint density at radius 1 is 1.23 bits per heavy atom. The van der Waals surface area contributed by atoms with Crippen molar-refractivity contribution in [2.75, 3.05) is 5.32 Å². The van der Waals surface area contributed by atoms with Crippen LogP contribution in [0.25, 0.3) is 17.0 Å². The van der Waals surface area contributed by atoms with E-state index < -0.39 is 0 Å². The SMILES string of the molecule is CCCC(C)C(=O)Nc1c(C)cc(C)c(-c2nnc3c(Cl)c(C(C)(C)C)[nH]n23)c1C. The molecule has 3 aromatic rings. The smallest absolute Gasteiger partial charge is 0.227 e. The van der Waals surface area contributed by atoms with Crippen LogP contribution >= 0.6 is 11.6 Å². The molecule has 1 unspecified atom stereocenters. The number of aromatic nitrogens is 4. The molecule has 0 bridgehead atoms. The summed E-state index contributed by atoms with van der Waals surface area (Å²) in [6, 6.07) is 2.08. The van der Waals surface area contributed by atoms with Gasteiger partial charge >= 0.3 is 0 Å². The van der Waals surface area contributed by atoms with Crippen molar-refractivity contribution in [3.05, 3.63) is 33.5 Å². The monoisotopic (exact) mass is 429 g/mol. The summed E-state index contributed by atoms with van der Waals surface area (Å²) >= 11 is 6.60. The van der Waals surface area contributed by atoms with E-state index in [2.05, 4.69) is 61.3 Å². The van der Waals surface area contributed by atoms with Crippen LogP contribution in [0.1, 0.15) is 69.8 Å². The first kappa shape index (κ1) is 22.3. The summed E-state index contributed by atoms with van der Waals surface area (Å²) in [7, 11) is 0. The van der Waals surface area contributed by atoms with E-state index in [4.69, 9.17) is 11.6 Å². The van der Waals surface area contributed by atoms with E-state index in [9.17, 15) is 4.79 Å². The number of aryl methyl sites for hydroxylation is 2. The van der Waals surface area contributed by atoms with Gasteiger partial charge in [-0.15, -0.1) is 10.2 Å². The van der Waals surface area contributed by atoms with E-state index in [0.29, 0.717) is 16.5 Å². The Balaban J connectivity index is 2.14. The van der Waals surface area contributed by atoms with E-state index >= 15 is 0 Å². The summed E-state index contributed by atoms with van der Waals surface area (Å²) in [5.74, 6) is 0.701. The molecular formula is C23H32ClN5O. The van der Waals surface area contributed by atoms with Crippen LogP contribution in [0.3, 0.4) is 0 Å². The maximum atomic E-state index is 12.7. The molecule has 0 spiro atoms. The number of nitrogens with zero attached hydrogens (tertiary/aromatic N) is 3. The van der Waals surface area contributed by atoms with Crippen molar-refractivity contribution >= 4 is 28.8 Å². The van der Waals surface area contributed by atoms with Crippen molar-refractivity contribution in [3.8, 4) is 11.4 Å². The number of carbonyl (C=O) groups excluding carboxylic acids is 1. The molecule has 0 radical (unpaired) electrons. The Labute approximate surface area is 183 Å². The van der Waals surface area contributed by atoms with Gasteiger partial charge in [0.15, 0.2) is 11.5 Å². The van der Waals surface area contributed by atoms with Gasteiger partial charge in [-0.1, -0.05) is 58.7 Å². The van der Waals surface area contributed by atoms with Crippen LogP contribution in [-0.4, -0.2) is 25.7 Å². The van der Waals surface area contributed by atoms with Gasteiger partial charge in [-0.05, 0) is 43.9 Å². The van der Waals surface area contributed by atoms with Gasteiger partial charge in [-0.2, -0.15) is 0 Å². The molecule has 2 heterocycles. The highest BCUT2D eigenvalue weighted by molar-refractivity contribution is 6.34. The average molecular weight is 430 g/mol. The molecule has 0 aliphatic heterocycles. The van der Waals surface area contributed by atoms with E-state index in [1.807, 2.05) is 25.3 Å². The Bertz CT molecular complexity index is 1100. The number of amides is 1. The third kappa shape index (κ3) is 3.85. The largest absolute Gasteiger partial charge is 0.325 e. The van der Waals surface area contributed by atoms with Crippen molar-refractivity contribution in [3.63, 3.8) is 0 Å². The van der Waals surface area contributed by atoms with Gasteiger partial charge < -0.3 is 5.32 Å². The van der Waals surface area contributed by atoms with Crippen LogP contribution in [-0.2, 0) is 10.2 Å². The quantitative estimate of drug-likeness (QED) is 0.524. The molecule has 0 aliphatic carbocycles. The summed E-state index contributed by atoms with van der Waals surface area (Å²) in [4.78, 5) is 12.7. The summed E-state index contributed by atoms with van der Waals surface area (Å²) < 4.78 is 1.85. The molecule has 1 amide bonds. The Kier molecular flexibility index (Phi) is 6.01. The number of benzene rings is 1. The van der Waals surface area contributed by atoms with Gasteiger partial charge in [0.2, 0.25) is 5.91 Å². The van der Waals surface area contributed by atoms with E-state index in [1.165, 1.54) is 0 Å². The highest BCUT2D eigenvalue weighted by Gasteiger charge is 2.27. The maximum absolute atomic E-state index is 12.7. The number of hydrogen-bond donors (Lipinski definition) is 2. The number of H-pyrrole nitrogens is 1. The van der Waals surface area contributed by atoms with E-state index in [0.717, 1.165) is 46.5 Å². The zero-order chi connectivity index (χ0) is 22.4. The van der Waals surface area contributed by atoms with Crippen molar-refractivity contribution in [1.29, 1.82) is 0 Å². The van der Waals surface area contributed by atoms with Crippen molar-refractivity contribution in [1.82, 2.24) is 19.8 Å². The van der Waals surface area contributed by atoms with Crippen LogP contribution in [0.5, 0.6) is 0 Å². The summed E-state index contributed by atoms with van der Waals surface area (Å²) in [5.41, 5.74) is 6.24. The molecule has 30 heavy (non-hydrogen) atoms. The molecule has 6 nitrogen and oxygen atoms in total. The molecule has 2 aromatic heterocycles. The fourth-order valence-electron chi connectivity index (χ4n) is 4.00. The zero-order valence-corrected chi connectivity index (χ0v) is 20.0. The fourth-order valence-corrected chi connectivity index (χ4v) is 4.44. The molecule has 3 rings (SSSR count). The lowest BCUT2D eigenvalue weighted by Crippen LogP contribution is -2.21. The Morgan fingerprint density at radius 3 is 2.50 bits per heavy atom. The predicted molar refractivity (Wildman–Crippen MR) is 123 cm³/mol. The first-order valence-corrected chi connectivity index (χ1v) is 10.9. The molecule has 0 aliphatic rings. The van der Waals surface area contributed by atoms with Crippen LogP contribution < -0.4 is 5.32 Å². The average Bonchev–Trinajstić information content (AvgIpc) is 3.19. The van der Waals surface area contributed by atoms with Gasteiger partial charge in [-0.25, -0.2) is 4.52 Å². The number of halogens is 1. The number of fused-ring (bicyclic) bond motifs is 1. The van der Waals surface area contributed by atoms with E-state index in [1.54, 1.807) is 0 Å². The fraction of sp³-hybridized carbons (Fsp3) is 0.522. The topological polar surface area (TPSA) is 75.1 Å². The molecule has 0 fully saturated rings. The number of hydrogen-bond acceptors (Lipinski definition) is 3. The minimum absolute atomic E-state index is 0.0325. The highest BCUT2D eigenvalue weighted by Crippen LogP contribution is 2.37. The van der Waals surface area contributed by atoms with Gasteiger partial charge in [0.05, 0.1) is 5.69 Å². The second-order valence-electron chi connectivity index (χ2n) is 9.30. The lowest BCUT2D eigenvalue weighted by molar-refractivity contribution is -0.119. The molecule has 2 N–H and O–H groups in total. The summed E-state index contributed by atoms with van der Waals surface area (Å²) in [6.45, 7) is 16.5.